The lowest BCUT2D eigenvalue weighted by atomic mass is 9.85. The molecular weight excluding hydrogens is 302 g/mol. The highest BCUT2D eigenvalue weighted by Crippen LogP contribution is 2.39. The number of nitrogens with zero attached hydrogens (tertiary/aromatic N) is 1. The van der Waals surface area contributed by atoms with Gasteiger partial charge in [-0.25, -0.2) is 4.79 Å². The lowest BCUT2D eigenvalue weighted by molar-refractivity contribution is 0.0665. The molecule has 1 amide bonds. The summed E-state index contributed by atoms with van der Waals surface area (Å²) in [6, 6.07) is 10.4. The van der Waals surface area contributed by atoms with E-state index in [-0.39, 0.29) is 12.1 Å². The minimum Gasteiger partial charge on any atom is -0.445 e. The van der Waals surface area contributed by atoms with Crippen molar-refractivity contribution in [2.24, 2.45) is 5.92 Å². The van der Waals surface area contributed by atoms with Gasteiger partial charge in [-0.15, -0.1) is 0 Å². The molecule has 4 rings (SSSR count). The van der Waals surface area contributed by atoms with Crippen LogP contribution in [0, 0.1) is 5.92 Å². The third-order valence-electron chi connectivity index (χ3n) is 5.59. The maximum absolute atomic E-state index is 12.6. The molecule has 2 saturated heterocycles. The molecule has 1 aromatic rings. The summed E-state index contributed by atoms with van der Waals surface area (Å²) < 4.78 is 11.0. The van der Waals surface area contributed by atoms with E-state index in [9.17, 15) is 4.79 Å². The summed E-state index contributed by atoms with van der Waals surface area (Å²) in [5, 5.41) is 0. The Morgan fingerprint density at radius 3 is 2.67 bits per heavy atom. The second kappa shape index (κ2) is 6.98. The zero-order chi connectivity index (χ0) is 16.4. The van der Waals surface area contributed by atoms with Crippen LogP contribution in [-0.4, -0.2) is 36.3 Å². The predicted molar refractivity (Wildman–Crippen MR) is 91.5 cm³/mol. The number of amides is 1. The number of benzene rings is 1. The van der Waals surface area contributed by atoms with Crippen LogP contribution in [-0.2, 0) is 16.1 Å². The van der Waals surface area contributed by atoms with Gasteiger partial charge in [0.2, 0.25) is 0 Å². The summed E-state index contributed by atoms with van der Waals surface area (Å²) >= 11 is 0. The van der Waals surface area contributed by atoms with Crippen molar-refractivity contribution in [2.75, 3.05) is 13.2 Å². The Morgan fingerprint density at radius 1 is 1.12 bits per heavy atom. The number of fused-ring (bicyclic) bond motifs is 2. The Hall–Kier alpha value is -1.81. The van der Waals surface area contributed by atoms with E-state index >= 15 is 0 Å². The molecule has 3 aliphatic heterocycles. The summed E-state index contributed by atoms with van der Waals surface area (Å²) in [5.41, 5.74) is 2.59. The van der Waals surface area contributed by atoms with E-state index in [2.05, 4.69) is 6.08 Å². The van der Waals surface area contributed by atoms with Gasteiger partial charge in [-0.2, -0.15) is 0 Å². The molecule has 0 saturated carbocycles. The first-order valence-electron chi connectivity index (χ1n) is 9.08. The molecule has 0 aromatic heterocycles. The van der Waals surface area contributed by atoms with Gasteiger partial charge in [0.15, 0.2) is 0 Å². The maximum Gasteiger partial charge on any atom is 0.410 e. The van der Waals surface area contributed by atoms with Crippen molar-refractivity contribution in [2.45, 2.75) is 50.8 Å². The topological polar surface area (TPSA) is 38.8 Å². The molecule has 3 aliphatic rings. The zero-order valence-corrected chi connectivity index (χ0v) is 14.0. The van der Waals surface area contributed by atoms with Gasteiger partial charge in [0, 0.05) is 19.3 Å². The lowest BCUT2D eigenvalue weighted by Gasteiger charge is -2.36. The van der Waals surface area contributed by atoms with E-state index in [0.29, 0.717) is 18.6 Å². The van der Waals surface area contributed by atoms with Gasteiger partial charge in [0.05, 0.1) is 6.04 Å². The van der Waals surface area contributed by atoms with Gasteiger partial charge in [-0.3, -0.25) is 4.90 Å². The van der Waals surface area contributed by atoms with Gasteiger partial charge in [-0.1, -0.05) is 42.0 Å². The van der Waals surface area contributed by atoms with Gasteiger partial charge < -0.3 is 9.47 Å². The summed E-state index contributed by atoms with van der Waals surface area (Å²) in [5.74, 6) is 0.657. The summed E-state index contributed by atoms with van der Waals surface area (Å²) in [7, 11) is 0. The molecular formula is C20H25NO3. The summed E-state index contributed by atoms with van der Waals surface area (Å²) in [4.78, 5) is 14.5. The van der Waals surface area contributed by atoms with E-state index < -0.39 is 0 Å². The first kappa shape index (κ1) is 15.7. The molecule has 4 nitrogen and oxygen atoms in total. The molecule has 0 spiro atoms. The molecule has 3 heterocycles. The molecule has 2 atom stereocenters. The molecule has 128 valence electrons. The third kappa shape index (κ3) is 3.20. The van der Waals surface area contributed by atoms with Crippen LogP contribution in [0.3, 0.4) is 0 Å². The smallest absolute Gasteiger partial charge is 0.410 e. The van der Waals surface area contributed by atoms with E-state index in [0.717, 1.165) is 50.9 Å². The second-order valence-electron chi connectivity index (χ2n) is 7.08. The number of hydrogen-bond donors (Lipinski definition) is 0. The van der Waals surface area contributed by atoms with Gasteiger partial charge in [-0.05, 0) is 43.6 Å². The fourth-order valence-corrected chi connectivity index (χ4v) is 4.31. The average Bonchev–Trinajstić information content (AvgIpc) is 2.91. The van der Waals surface area contributed by atoms with E-state index in [1.807, 2.05) is 35.2 Å². The highest BCUT2D eigenvalue weighted by atomic mass is 16.6. The van der Waals surface area contributed by atoms with Crippen LogP contribution in [0.5, 0.6) is 0 Å². The van der Waals surface area contributed by atoms with Crippen LogP contribution < -0.4 is 0 Å². The minimum absolute atomic E-state index is 0.159. The number of rotatable bonds is 3. The van der Waals surface area contributed by atoms with Crippen LogP contribution in [0.1, 0.15) is 37.7 Å². The van der Waals surface area contributed by atoms with E-state index in [4.69, 9.17) is 9.47 Å². The SMILES string of the molecule is O=C(OCc1ccccc1)N1C2C=C(C3CCOCC3)CC1CC2. The lowest BCUT2D eigenvalue weighted by Crippen LogP contribution is -2.44. The first-order valence-corrected chi connectivity index (χ1v) is 9.08. The van der Waals surface area contributed by atoms with Crippen molar-refractivity contribution in [1.29, 1.82) is 0 Å². The first-order chi connectivity index (χ1) is 11.8. The largest absolute Gasteiger partial charge is 0.445 e. The highest BCUT2D eigenvalue weighted by molar-refractivity contribution is 5.70. The fourth-order valence-electron chi connectivity index (χ4n) is 4.31. The van der Waals surface area contributed by atoms with E-state index in [1.54, 1.807) is 5.57 Å². The Labute approximate surface area is 143 Å². The van der Waals surface area contributed by atoms with Gasteiger partial charge in [0.1, 0.15) is 6.61 Å². The molecule has 2 fully saturated rings. The van der Waals surface area contributed by atoms with Crippen LogP contribution in [0.2, 0.25) is 0 Å². The molecule has 0 N–H and O–H groups in total. The molecule has 2 unspecified atom stereocenters. The normalized spacial score (nSPS) is 27.0. The Kier molecular flexibility index (Phi) is 4.56. The zero-order valence-electron chi connectivity index (χ0n) is 14.0. The third-order valence-corrected chi connectivity index (χ3v) is 5.59. The number of hydrogen-bond acceptors (Lipinski definition) is 3. The van der Waals surface area contributed by atoms with Crippen molar-refractivity contribution in [3.05, 3.63) is 47.5 Å². The molecule has 2 bridgehead atoms. The summed E-state index contributed by atoms with van der Waals surface area (Å²) in [6.07, 6.45) is 7.62. The minimum atomic E-state index is -0.159. The maximum atomic E-state index is 12.6. The molecule has 0 radical (unpaired) electrons. The van der Waals surface area contributed by atoms with Gasteiger partial charge in [0.25, 0.3) is 0 Å². The average molecular weight is 327 g/mol. The van der Waals surface area contributed by atoms with Crippen LogP contribution in [0.4, 0.5) is 4.79 Å². The Morgan fingerprint density at radius 2 is 1.92 bits per heavy atom. The van der Waals surface area contributed by atoms with Crippen molar-refractivity contribution in [3.63, 3.8) is 0 Å². The summed E-state index contributed by atoms with van der Waals surface area (Å²) in [6.45, 7) is 2.10. The predicted octanol–water partition coefficient (Wildman–Crippen LogP) is 3.91. The van der Waals surface area contributed by atoms with Crippen LogP contribution in [0.25, 0.3) is 0 Å². The number of carbonyl (C=O) groups is 1. The van der Waals surface area contributed by atoms with Crippen LogP contribution >= 0.6 is 0 Å². The highest BCUT2D eigenvalue weighted by Gasteiger charge is 2.41. The molecule has 0 aliphatic carbocycles. The molecule has 4 heteroatoms. The van der Waals surface area contributed by atoms with Crippen molar-refractivity contribution in [3.8, 4) is 0 Å². The monoisotopic (exact) mass is 327 g/mol. The number of carbonyl (C=O) groups excluding carboxylic acids is 1. The van der Waals surface area contributed by atoms with E-state index in [1.165, 1.54) is 0 Å². The van der Waals surface area contributed by atoms with Crippen molar-refractivity contribution in [1.82, 2.24) is 4.90 Å². The molecule has 24 heavy (non-hydrogen) atoms. The van der Waals surface area contributed by atoms with Crippen molar-refractivity contribution >= 4 is 6.09 Å². The fraction of sp³-hybridized carbons (Fsp3) is 0.550. The quantitative estimate of drug-likeness (QED) is 0.790. The Bertz CT molecular complexity index is 607. The standard InChI is InChI=1S/C20H25NO3/c22-20(24-14-15-4-2-1-3-5-15)21-18-6-7-19(21)13-17(12-18)16-8-10-23-11-9-16/h1-5,12,16,18-19H,6-11,13-14H2. The molecule has 1 aromatic carbocycles. The second-order valence-corrected chi connectivity index (χ2v) is 7.08. The Balaban J connectivity index is 1.40. The van der Waals surface area contributed by atoms with Gasteiger partial charge >= 0.3 is 6.09 Å². The van der Waals surface area contributed by atoms with Crippen molar-refractivity contribution < 1.29 is 14.3 Å². The van der Waals surface area contributed by atoms with Crippen LogP contribution in [0.15, 0.2) is 42.0 Å². The number of ether oxygens (including phenoxy) is 2.